The first kappa shape index (κ1) is 17.4. The average molecular weight is 310 g/mol. The Balaban J connectivity index is 2.52. The van der Waals surface area contributed by atoms with Gasteiger partial charge in [0.1, 0.15) is 0 Å². The van der Waals surface area contributed by atoms with Crippen LogP contribution in [0.1, 0.15) is 59.8 Å². The van der Waals surface area contributed by atoms with Gasteiger partial charge in [-0.25, -0.2) is 0 Å². The van der Waals surface area contributed by atoms with E-state index in [1.165, 1.54) is 0 Å². The van der Waals surface area contributed by atoms with Crippen LogP contribution in [0.15, 0.2) is 57.7 Å². The van der Waals surface area contributed by atoms with Crippen molar-refractivity contribution in [3.63, 3.8) is 0 Å². The van der Waals surface area contributed by atoms with Crippen molar-refractivity contribution in [3.05, 3.63) is 57.7 Å². The SMILES string of the molecule is CCCCC1=C/C(=C2/C=C(C)C(=O)C(CC)=C2)C=C(CC)C1=O. The van der Waals surface area contributed by atoms with Crippen LogP contribution in [0, 0.1) is 0 Å². The van der Waals surface area contributed by atoms with E-state index in [1.54, 1.807) is 0 Å². The molecule has 0 N–H and O–H groups in total. The Bertz CT molecular complexity index is 679. The Kier molecular flexibility index (Phi) is 5.70. The van der Waals surface area contributed by atoms with Gasteiger partial charge in [-0.05, 0) is 73.6 Å². The van der Waals surface area contributed by atoms with Crippen molar-refractivity contribution in [3.8, 4) is 0 Å². The van der Waals surface area contributed by atoms with Gasteiger partial charge >= 0.3 is 0 Å². The molecule has 0 bridgehead atoms. The Morgan fingerprint density at radius 2 is 1.26 bits per heavy atom. The van der Waals surface area contributed by atoms with Crippen molar-refractivity contribution >= 4 is 11.6 Å². The molecule has 0 unspecified atom stereocenters. The molecular weight excluding hydrogens is 284 g/mol. The molecule has 0 aromatic heterocycles. The molecule has 0 aromatic carbocycles. The summed E-state index contributed by atoms with van der Waals surface area (Å²) in [6, 6.07) is 0. The molecule has 0 saturated heterocycles. The second-order valence-electron chi connectivity index (χ2n) is 6.22. The zero-order valence-corrected chi connectivity index (χ0v) is 14.7. The summed E-state index contributed by atoms with van der Waals surface area (Å²) in [6.45, 7) is 8.03. The van der Waals surface area contributed by atoms with Crippen molar-refractivity contribution in [1.29, 1.82) is 0 Å². The van der Waals surface area contributed by atoms with Gasteiger partial charge in [0.05, 0.1) is 0 Å². The van der Waals surface area contributed by atoms with Gasteiger partial charge in [0.15, 0.2) is 11.6 Å². The third-order valence-corrected chi connectivity index (χ3v) is 4.49. The number of hydrogen-bond acceptors (Lipinski definition) is 2. The van der Waals surface area contributed by atoms with E-state index in [-0.39, 0.29) is 11.6 Å². The summed E-state index contributed by atoms with van der Waals surface area (Å²) in [5.41, 5.74) is 5.51. The van der Waals surface area contributed by atoms with E-state index in [0.29, 0.717) is 0 Å². The van der Waals surface area contributed by atoms with Crippen molar-refractivity contribution in [2.75, 3.05) is 0 Å². The largest absolute Gasteiger partial charge is 0.289 e. The normalized spacial score (nSPS) is 21.7. The molecule has 2 rings (SSSR count). The molecule has 0 heterocycles. The molecule has 0 aromatic rings. The van der Waals surface area contributed by atoms with E-state index in [1.807, 2.05) is 45.1 Å². The molecule has 2 nitrogen and oxygen atoms in total. The van der Waals surface area contributed by atoms with E-state index in [9.17, 15) is 9.59 Å². The van der Waals surface area contributed by atoms with E-state index in [4.69, 9.17) is 0 Å². The van der Waals surface area contributed by atoms with Crippen LogP contribution in [0.4, 0.5) is 0 Å². The molecule has 0 fully saturated rings. The fourth-order valence-corrected chi connectivity index (χ4v) is 3.01. The van der Waals surface area contributed by atoms with E-state index < -0.39 is 0 Å². The quantitative estimate of drug-likeness (QED) is 0.700. The first-order chi connectivity index (χ1) is 11.0. The zero-order valence-electron chi connectivity index (χ0n) is 14.7. The number of rotatable bonds is 5. The van der Waals surface area contributed by atoms with Crippen molar-refractivity contribution in [2.24, 2.45) is 0 Å². The van der Waals surface area contributed by atoms with Crippen LogP contribution in [-0.2, 0) is 9.59 Å². The van der Waals surface area contributed by atoms with E-state index >= 15 is 0 Å². The fraction of sp³-hybridized carbons (Fsp3) is 0.429. The average Bonchev–Trinajstić information content (AvgIpc) is 2.56. The van der Waals surface area contributed by atoms with Gasteiger partial charge in [-0.1, -0.05) is 27.2 Å². The van der Waals surface area contributed by atoms with Crippen molar-refractivity contribution < 1.29 is 9.59 Å². The molecule has 23 heavy (non-hydrogen) atoms. The molecule has 2 heteroatoms. The van der Waals surface area contributed by atoms with E-state index in [2.05, 4.69) is 6.92 Å². The summed E-state index contributed by atoms with van der Waals surface area (Å²) in [4.78, 5) is 24.6. The van der Waals surface area contributed by atoms with Gasteiger partial charge < -0.3 is 0 Å². The van der Waals surface area contributed by atoms with Gasteiger partial charge in [0.25, 0.3) is 0 Å². The predicted octanol–water partition coefficient (Wildman–Crippen LogP) is 5.18. The minimum atomic E-state index is 0.138. The van der Waals surface area contributed by atoms with Gasteiger partial charge in [-0.2, -0.15) is 0 Å². The monoisotopic (exact) mass is 310 g/mol. The Morgan fingerprint density at radius 1 is 0.739 bits per heavy atom. The molecule has 0 radical (unpaired) electrons. The van der Waals surface area contributed by atoms with Gasteiger partial charge in [-0.15, -0.1) is 0 Å². The predicted molar refractivity (Wildman–Crippen MR) is 95.2 cm³/mol. The number of allylic oxidation sites excluding steroid dienone is 10. The highest BCUT2D eigenvalue weighted by Crippen LogP contribution is 2.30. The Morgan fingerprint density at radius 3 is 1.83 bits per heavy atom. The highest BCUT2D eigenvalue weighted by atomic mass is 16.1. The maximum Gasteiger partial charge on any atom is 0.185 e. The smallest absolute Gasteiger partial charge is 0.185 e. The minimum absolute atomic E-state index is 0.138. The molecule has 0 aliphatic heterocycles. The second-order valence-corrected chi connectivity index (χ2v) is 6.22. The third-order valence-electron chi connectivity index (χ3n) is 4.49. The first-order valence-corrected chi connectivity index (χ1v) is 8.65. The molecule has 0 atom stereocenters. The molecule has 0 spiro atoms. The highest BCUT2D eigenvalue weighted by Gasteiger charge is 2.21. The lowest BCUT2D eigenvalue weighted by Crippen LogP contribution is -2.13. The van der Waals surface area contributed by atoms with Crippen molar-refractivity contribution in [2.45, 2.75) is 59.8 Å². The molecule has 2 aliphatic carbocycles. The second kappa shape index (κ2) is 7.54. The topological polar surface area (TPSA) is 34.1 Å². The van der Waals surface area contributed by atoms with Gasteiger partial charge in [0.2, 0.25) is 0 Å². The number of hydrogen-bond donors (Lipinski definition) is 0. The van der Waals surface area contributed by atoms with Gasteiger partial charge in [0, 0.05) is 16.7 Å². The maximum atomic E-state index is 12.5. The molecule has 0 amide bonds. The summed E-state index contributed by atoms with van der Waals surface area (Å²) in [5, 5.41) is 0. The van der Waals surface area contributed by atoms with Crippen LogP contribution in [0.5, 0.6) is 0 Å². The first-order valence-electron chi connectivity index (χ1n) is 8.65. The standard InChI is InChI=1S/C21H26O2/c1-5-8-9-17-13-19(12-16(7-3)21(17)23)18-10-14(4)20(22)15(6-2)11-18/h10-13H,5-9H2,1-4H3/b19-18-. The number of carbonyl (C=O) groups is 2. The summed E-state index contributed by atoms with van der Waals surface area (Å²) in [5.74, 6) is 0.330. The summed E-state index contributed by atoms with van der Waals surface area (Å²) < 4.78 is 0. The molecule has 0 saturated carbocycles. The lowest BCUT2D eigenvalue weighted by atomic mass is 9.85. The Hall–Kier alpha value is -1.96. The third kappa shape index (κ3) is 3.69. The van der Waals surface area contributed by atoms with Crippen molar-refractivity contribution in [1.82, 2.24) is 0 Å². The number of Topliss-reactive ketones (excluding diaryl/α,β-unsaturated/α-hetero) is 2. The zero-order chi connectivity index (χ0) is 17.0. The maximum absolute atomic E-state index is 12.5. The summed E-state index contributed by atoms with van der Waals surface area (Å²) in [7, 11) is 0. The summed E-state index contributed by atoms with van der Waals surface area (Å²) in [6.07, 6.45) is 12.4. The lowest BCUT2D eigenvalue weighted by molar-refractivity contribution is -0.113. The van der Waals surface area contributed by atoms with Crippen LogP contribution >= 0.6 is 0 Å². The highest BCUT2D eigenvalue weighted by molar-refractivity contribution is 6.11. The fourth-order valence-electron chi connectivity index (χ4n) is 3.01. The van der Waals surface area contributed by atoms with Crippen LogP contribution in [-0.4, -0.2) is 11.6 Å². The summed E-state index contributed by atoms with van der Waals surface area (Å²) >= 11 is 0. The molecular formula is C21H26O2. The molecule has 2 aliphatic rings. The molecule has 122 valence electrons. The number of carbonyl (C=O) groups excluding carboxylic acids is 2. The minimum Gasteiger partial charge on any atom is -0.289 e. The van der Waals surface area contributed by atoms with E-state index in [0.717, 1.165) is 65.5 Å². The van der Waals surface area contributed by atoms with Crippen LogP contribution in [0.3, 0.4) is 0 Å². The van der Waals surface area contributed by atoms with Crippen LogP contribution in [0.2, 0.25) is 0 Å². The number of ketones is 2. The number of unbranched alkanes of at least 4 members (excludes halogenated alkanes) is 1. The Labute approximate surface area is 139 Å². The van der Waals surface area contributed by atoms with Crippen LogP contribution < -0.4 is 0 Å². The lowest BCUT2D eigenvalue weighted by Gasteiger charge is -2.18. The van der Waals surface area contributed by atoms with Gasteiger partial charge in [-0.3, -0.25) is 9.59 Å². The van der Waals surface area contributed by atoms with Crippen LogP contribution in [0.25, 0.3) is 0 Å².